The molecule has 2 heteroatoms. The number of hydrogen-bond donors (Lipinski definition) is 2. The molecule has 0 aliphatic heterocycles. The minimum Gasteiger partial charge on any atom is -0.402 e. The Labute approximate surface area is 148 Å². The molecule has 4 N–H and O–H groups in total. The van der Waals surface area contributed by atoms with E-state index in [2.05, 4.69) is 24.8 Å². The fourth-order valence-electron chi connectivity index (χ4n) is 3.82. The number of allylic oxidation sites excluding steroid dienone is 5. The second-order valence-corrected chi connectivity index (χ2v) is 6.38. The van der Waals surface area contributed by atoms with Gasteiger partial charge in [-0.05, 0) is 78.5 Å². The number of anilines is 1. The molecule has 2 nitrogen and oxygen atoms in total. The summed E-state index contributed by atoms with van der Waals surface area (Å²) in [4.78, 5) is 0. The van der Waals surface area contributed by atoms with Gasteiger partial charge in [0.05, 0.1) is 0 Å². The van der Waals surface area contributed by atoms with Crippen LogP contribution in [0, 0.1) is 5.41 Å². The van der Waals surface area contributed by atoms with Gasteiger partial charge in [0.2, 0.25) is 0 Å². The topological polar surface area (TPSA) is 52.0 Å². The van der Waals surface area contributed by atoms with Gasteiger partial charge in [0.1, 0.15) is 0 Å². The van der Waals surface area contributed by atoms with Gasteiger partial charge in [-0.2, -0.15) is 0 Å². The average Bonchev–Trinajstić information content (AvgIpc) is 3.09. The molecule has 1 atom stereocenters. The molecule has 1 aromatic carbocycles. The second kappa shape index (κ2) is 8.77. The first kappa shape index (κ1) is 20.1. The number of benzene rings is 1. The monoisotopic (exact) mass is 326 g/mol. The maximum Gasteiger partial charge on any atom is 0.0316 e. The Hall–Kier alpha value is -1.96. The summed E-state index contributed by atoms with van der Waals surface area (Å²) in [5, 5.41) is 0. The summed E-state index contributed by atoms with van der Waals surface area (Å²) in [6.45, 7) is 13.9. The second-order valence-electron chi connectivity index (χ2n) is 6.38. The lowest BCUT2D eigenvalue weighted by Crippen LogP contribution is -2.17. The van der Waals surface area contributed by atoms with Crippen molar-refractivity contribution in [1.82, 2.24) is 0 Å². The van der Waals surface area contributed by atoms with Gasteiger partial charge in [-0.3, -0.25) is 0 Å². The molecule has 2 aliphatic rings. The van der Waals surface area contributed by atoms with E-state index in [1.54, 1.807) is 0 Å². The molecule has 24 heavy (non-hydrogen) atoms. The minimum absolute atomic E-state index is 0.320. The molecule has 1 unspecified atom stereocenters. The molecule has 0 radical (unpaired) electrons. The Morgan fingerprint density at radius 1 is 1.00 bits per heavy atom. The number of nitrogens with two attached hydrogens (primary N) is 2. The van der Waals surface area contributed by atoms with Crippen LogP contribution < -0.4 is 11.5 Å². The lowest BCUT2D eigenvalue weighted by Gasteiger charge is -2.23. The van der Waals surface area contributed by atoms with Crippen molar-refractivity contribution >= 4 is 5.69 Å². The molecule has 0 heterocycles. The van der Waals surface area contributed by atoms with E-state index in [1.807, 2.05) is 46.8 Å². The van der Waals surface area contributed by atoms with E-state index in [9.17, 15) is 0 Å². The third-order valence-corrected chi connectivity index (χ3v) is 4.55. The lowest BCUT2D eigenvalue weighted by atomic mass is 9.81. The van der Waals surface area contributed by atoms with Crippen LogP contribution in [0.15, 0.2) is 53.8 Å². The van der Waals surface area contributed by atoms with Gasteiger partial charge in [-0.15, -0.1) is 0 Å². The summed E-state index contributed by atoms with van der Waals surface area (Å²) in [6, 6.07) is 6.34. The summed E-state index contributed by atoms with van der Waals surface area (Å²) in [6.07, 6.45) is 8.57. The van der Waals surface area contributed by atoms with E-state index < -0.39 is 0 Å². The van der Waals surface area contributed by atoms with Gasteiger partial charge < -0.3 is 11.5 Å². The molecule has 0 fully saturated rings. The third-order valence-electron chi connectivity index (χ3n) is 4.55. The number of hydrogen-bond acceptors (Lipinski definition) is 2. The smallest absolute Gasteiger partial charge is 0.0316 e. The fraction of sp³-hybridized carbons (Fsp3) is 0.455. The molecule has 1 aromatic rings. The number of nitrogen functional groups attached to an aromatic ring is 1. The summed E-state index contributed by atoms with van der Waals surface area (Å²) >= 11 is 0. The maximum atomic E-state index is 5.91. The Bertz CT molecular complexity index is 633. The van der Waals surface area contributed by atoms with Crippen molar-refractivity contribution in [2.45, 2.75) is 60.3 Å². The molecule has 0 aromatic heterocycles. The van der Waals surface area contributed by atoms with Gasteiger partial charge in [-0.25, -0.2) is 0 Å². The third kappa shape index (κ3) is 4.31. The maximum absolute atomic E-state index is 5.91. The summed E-state index contributed by atoms with van der Waals surface area (Å²) in [5.74, 6) is 0. The van der Waals surface area contributed by atoms with Crippen molar-refractivity contribution in [3.63, 3.8) is 0 Å². The van der Waals surface area contributed by atoms with Crippen molar-refractivity contribution in [3.8, 4) is 0 Å². The average molecular weight is 327 g/mol. The Balaban J connectivity index is 0.000000671. The Morgan fingerprint density at radius 2 is 1.58 bits per heavy atom. The van der Waals surface area contributed by atoms with E-state index >= 15 is 0 Å². The SMILES string of the molecule is C=CC1=C(/C=C(\C)N)CC2(C1)Cc1ccc(N)cc1C2.CC.CC. The molecular weight excluding hydrogens is 292 g/mol. The molecule has 132 valence electrons. The first-order valence-electron chi connectivity index (χ1n) is 9.17. The van der Waals surface area contributed by atoms with Crippen molar-refractivity contribution in [1.29, 1.82) is 0 Å². The summed E-state index contributed by atoms with van der Waals surface area (Å²) in [7, 11) is 0. The normalized spacial score (nSPS) is 21.6. The fourth-order valence-corrected chi connectivity index (χ4v) is 3.82. The molecule has 1 spiro atoms. The van der Waals surface area contributed by atoms with E-state index in [1.165, 1.54) is 22.3 Å². The highest BCUT2D eigenvalue weighted by atomic mass is 14.6. The quantitative estimate of drug-likeness (QED) is 0.700. The van der Waals surface area contributed by atoms with Gasteiger partial charge in [-0.1, -0.05) is 46.4 Å². The van der Waals surface area contributed by atoms with Gasteiger partial charge >= 0.3 is 0 Å². The first-order valence-corrected chi connectivity index (χ1v) is 9.17. The first-order chi connectivity index (χ1) is 11.5. The van der Waals surface area contributed by atoms with Crippen LogP contribution in [0.2, 0.25) is 0 Å². The van der Waals surface area contributed by atoms with Crippen LogP contribution in [0.4, 0.5) is 5.69 Å². The van der Waals surface area contributed by atoms with Crippen LogP contribution in [0.3, 0.4) is 0 Å². The minimum atomic E-state index is 0.320. The molecular formula is C22H34N2. The summed E-state index contributed by atoms with van der Waals surface area (Å²) in [5.41, 5.74) is 19.4. The van der Waals surface area contributed by atoms with Gasteiger partial charge in [0.15, 0.2) is 0 Å². The van der Waals surface area contributed by atoms with Crippen molar-refractivity contribution < 1.29 is 0 Å². The number of fused-ring (bicyclic) bond motifs is 1. The van der Waals surface area contributed by atoms with Crippen LogP contribution in [-0.2, 0) is 12.8 Å². The predicted molar refractivity (Wildman–Crippen MR) is 108 cm³/mol. The van der Waals surface area contributed by atoms with E-state index in [0.717, 1.165) is 37.1 Å². The molecule has 0 saturated heterocycles. The molecule has 0 saturated carbocycles. The van der Waals surface area contributed by atoms with Crippen LogP contribution in [-0.4, -0.2) is 0 Å². The largest absolute Gasteiger partial charge is 0.402 e. The summed E-state index contributed by atoms with van der Waals surface area (Å²) < 4.78 is 0. The van der Waals surface area contributed by atoms with Gasteiger partial charge in [0, 0.05) is 11.4 Å². The highest BCUT2D eigenvalue weighted by Gasteiger charge is 2.42. The van der Waals surface area contributed by atoms with E-state index in [4.69, 9.17) is 11.5 Å². The highest BCUT2D eigenvalue weighted by Crippen LogP contribution is 2.51. The Morgan fingerprint density at radius 3 is 2.17 bits per heavy atom. The number of rotatable bonds is 2. The van der Waals surface area contributed by atoms with Crippen LogP contribution in [0.5, 0.6) is 0 Å². The van der Waals surface area contributed by atoms with Gasteiger partial charge in [0.25, 0.3) is 0 Å². The van der Waals surface area contributed by atoms with Crippen LogP contribution >= 0.6 is 0 Å². The molecule has 2 aliphatic carbocycles. The zero-order valence-electron chi connectivity index (χ0n) is 16.1. The lowest BCUT2D eigenvalue weighted by molar-refractivity contribution is 0.326. The zero-order chi connectivity index (χ0) is 18.3. The zero-order valence-corrected chi connectivity index (χ0v) is 16.1. The standard InChI is InChI=1S/C18H22N2.2C2H6/c1-3-13-8-18(10-15(13)6-12(2)19)9-14-4-5-17(20)7-16(14)11-18;2*1-2/h3-7H,1,8-11,19-20H2,2H3;2*1-2H3/b12-6+;;. The molecule has 0 amide bonds. The van der Waals surface area contributed by atoms with Crippen molar-refractivity contribution in [3.05, 3.63) is 64.9 Å². The molecule has 0 bridgehead atoms. The van der Waals surface area contributed by atoms with Crippen LogP contribution in [0.1, 0.15) is 58.6 Å². The molecule has 3 rings (SSSR count). The van der Waals surface area contributed by atoms with Crippen molar-refractivity contribution in [2.75, 3.05) is 5.73 Å². The van der Waals surface area contributed by atoms with Crippen molar-refractivity contribution in [2.24, 2.45) is 11.1 Å². The van der Waals surface area contributed by atoms with Crippen LogP contribution in [0.25, 0.3) is 0 Å². The predicted octanol–water partition coefficient (Wildman–Crippen LogP) is 5.55. The highest BCUT2D eigenvalue weighted by molar-refractivity contribution is 5.50. The van der Waals surface area contributed by atoms with E-state index in [-0.39, 0.29) is 0 Å². The van der Waals surface area contributed by atoms with E-state index in [0.29, 0.717) is 5.41 Å². The Kier molecular flexibility index (Phi) is 7.34.